The fourth-order valence-electron chi connectivity index (χ4n) is 4.30. The molecule has 3 rings (SSSR count). The number of benzene rings is 1. The summed E-state index contributed by atoms with van der Waals surface area (Å²) in [6, 6.07) is 4.63. The van der Waals surface area contributed by atoms with E-state index in [1.807, 2.05) is 33.9 Å². The van der Waals surface area contributed by atoms with Crippen molar-refractivity contribution in [1.29, 1.82) is 0 Å². The van der Waals surface area contributed by atoms with Crippen LogP contribution in [0.25, 0.3) is 5.73 Å². The number of aliphatic hydroxyl groups excluding tert-OH is 3. The van der Waals surface area contributed by atoms with Gasteiger partial charge in [-0.15, -0.1) is 11.6 Å². The van der Waals surface area contributed by atoms with Gasteiger partial charge in [-0.1, -0.05) is 32.1 Å². The van der Waals surface area contributed by atoms with E-state index >= 15 is 0 Å². The van der Waals surface area contributed by atoms with E-state index in [-0.39, 0.29) is 87.1 Å². The molecule has 41 heavy (non-hydrogen) atoms. The summed E-state index contributed by atoms with van der Waals surface area (Å²) in [5.74, 6) is -0.170. The van der Waals surface area contributed by atoms with Crippen LogP contribution in [-0.4, -0.2) is 91.0 Å². The molecule has 0 bridgehead atoms. The first-order valence-electron chi connectivity index (χ1n) is 13.1. The molecule has 15 heteroatoms. The predicted molar refractivity (Wildman–Crippen MR) is 149 cm³/mol. The van der Waals surface area contributed by atoms with Gasteiger partial charge in [-0.05, 0) is 36.3 Å². The van der Waals surface area contributed by atoms with Gasteiger partial charge in [0.25, 0.3) is 0 Å². The minimum atomic E-state index is -1.28. The SMILES string of the molecule is CC(Cc1cn(CC(C)(S)COCC(C)(C)C[NH-])nn1)c1ccc(OC2CC(O)C(O)C(CO)O2)c([N+](=O)[O-])c1.[K+]. The van der Waals surface area contributed by atoms with Crippen molar-refractivity contribution in [2.75, 3.05) is 26.4 Å². The van der Waals surface area contributed by atoms with E-state index in [1.54, 1.807) is 10.7 Å². The maximum absolute atomic E-state index is 11.8. The van der Waals surface area contributed by atoms with Crippen LogP contribution in [0.4, 0.5) is 5.69 Å². The van der Waals surface area contributed by atoms with Crippen molar-refractivity contribution in [1.82, 2.24) is 15.0 Å². The minimum absolute atomic E-state index is 0. The fraction of sp³-hybridized carbons (Fsp3) is 0.692. The number of rotatable bonds is 14. The zero-order chi connectivity index (χ0) is 29.7. The topological polar surface area (TPSA) is 186 Å². The van der Waals surface area contributed by atoms with Crippen molar-refractivity contribution >= 4 is 18.3 Å². The summed E-state index contributed by atoms with van der Waals surface area (Å²) in [5.41, 5.74) is 8.50. The molecule has 0 saturated carbocycles. The Kier molecular flexibility index (Phi) is 14.1. The number of nitro groups is 1. The number of aliphatic hydroxyl groups is 3. The first-order valence-corrected chi connectivity index (χ1v) is 13.6. The van der Waals surface area contributed by atoms with Crippen LogP contribution in [0.3, 0.4) is 0 Å². The first-order chi connectivity index (χ1) is 18.7. The Labute approximate surface area is 288 Å². The van der Waals surface area contributed by atoms with Crippen molar-refractivity contribution in [3.8, 4) is 5.75 Å². The van der Waals surface area contributed by atoms with Gasteiger partial charge in [-0.2, -0.15) is 12.6 Å². The normalized spacial score (nSPS) is 23.3. The van der Waals surface area contributed by atoms with Crippen molar-refractivity contribution in [3.05, 3.63) is 51.5 Å². The second kappa shape index (κ2) is 15.9. The molecule has 1 aliphatic heterocycles. The van der Waals surface area contributed by atoms with Gasteiger partial charge in [0.1, 0.15) is 12.2 Å². The van der Waals surface area contributed by atoms with Crippen molar-refractivity contribution in [2.24, 2.45) is 5.41 Å². The molecule has 6 atom stereocenters. The Morgan fingerprint density at radius 1 is 1.32 bits per heavy atom. The number of nitro benzene ring substituents is 1. The zero-order valence-electron chi connectivity index (χ0n) is 24.3. The van der Waals surface area contributed by atoms with Gasteiger partial charge in [0, 0.05) is 18.7 Å². The van der Waals surface area contributed by atoms with E-state index < -0.39 is 40.9 Å². The molecule has 0 amide bonds. The average Bonchev–Trinajstić information content (AvgIpc) is 3.31. The summed E-state index contributed by atoms with van der Waals surface area (Å²) < 4.78 is 18.1. The van der Waals surface area contributed by atoms with E-state index in [0.29, 0.717) is 37.4 Å². The smallest absolute Gasteiger partial charge is 0.677 e. The van der Waals surface area contributed by atoms with E-state index in [2.05, 4.69) is 10.3 Å². The predicted octanol–water partition coefficient (Wildman–Crippen LogP) is -0.472. The van der Waals surface area contributed by atoms with Crippen molar-refractivity contribution in [2.45, 2.75) is 82.3 Å². The summed E-state index contributed by atoms with van der Waals surface area (Å²) in [4.78, 5) is 11.3. The monoisotopic (exact) mass is 621 g/mol. The average molecular weight is 622 g/mol. The molecule has 1 saturated heterocycles. The molecule has 1 aromatic carbocycles. The van der Waals surface area contributed by atoms with Gasteiger partial charge >= 0.3 is 57.1 Å². The summed E-state index contributed by atoms with van der Waals surface area (Å²) in [7, 11) is 0. The zero-order valence-corrected chi connectivity index (χ0v) is 28.3. The number of nitrogens with one attached hydrogen (secondary N) is 1. The van der Waals surface area contributed by atoms with Gasteiger partial charge in [0.15, 0.2) is 5.75 Å². The summed E-state index contributed by atoms with van der Waals surface area (Å²) >= 11 is 4.72. The molecule has 224 valence electrons. The number of hydrogen-bond acceptors (Lipinski definition) is 11. The molecule has 2 aromatic rings. The molecule has 1 fully saturated rings. The van der Waals surface area contributed by atoms with E-state index in [0.717, 1.165) is 0 Å². The van der Waals surface area contributed by atoms with E-state index in [1.165, 1.54) is 12.1 Å². The third kappa shape index (κ3) is 10.8. The van der Waals surface area contributed by atoms with Gasteiger partial charge < -0.3 is 35.3 Å². The second-order valence-electron chi connectivity index (χ2n) is 11.5. The van der Waals surface area contributed by atoms with Crippen LogP contribution in [0.1, 0.15) is 51.3 Å². The molecule has 0 radical (unpaired) electrons. The summed E-state index contributed by atoms with van der Waals surface area (Å²) in [6.45, 7) is 8.88. The molecule has 13 nitrogen and oxygen atoms in total. The van der Waals surface area contributed by atoms with Crippen LogP contribution in [-0.2, 0) is 22.4 Å². The fourth-order valence-corrected chi connectivity index (χ4v) is 4.54. The number of aromatic nitrogens is 3. The summed E-state index contributed by atoms with van der Waals surface area (Å²) in [6.07, 6.45) is -2.40. The van der Waals surface area contributed by atoms with E-state index in [9.17, 15) is 25.4 Å². The standard InChI is InChI=1S/C26H40N5O8S.K/c1-16(7-18-10-30(29-28-18)13-26(4,40)15-37-14-25(2,3)12-27)17-5-6-21(19(8-17)31(35)36)38-23-9-20(33)24(34)22(11-32)39-23;/h5-6,8,10,16,20,22-24,27,32-34,40H,7,9,11-15H2,1-4H3;/q-1;+1. The third-order valence-corrected chi connectivity index (χ3v) is 6.98. The van der Waals surface area contributed by atoms with Gasteiger partial charge in [0.2, 0.25) is 6.29 Å². The number of nitrogens with zero attached hydrogens (tertiary/aromatic N) is 4. The quantitative estimate of drug-likeness (QED) is 0.0930. The number of ether oxygens (including phenoxy) is 3. The molecular weight excluding hydrogens is 581 g/mol. The van der Waals surface area contributed by atoms with Crippen LogP contribution in [0, 0.1) is 15.5 Å². The Hall–Kier alpha value is -0.694. The van der Waals surface area contributed by atoms with Crippen molar-refractivity contribution in [3.63, 3.8) is 0 Å². The number of hydrogen-bond donors (Lipinski definition) is 4. The van der Waals surface area contributed by atoms with Crippen molar-refractivity contribution < 1.29 is 85.8 Å². The second-order valence-corrected chi connectivity index (χ2v) is 12.6. The molecule has 2 heterocycles. The number of thiol groups is 1. The molecule has 1 aliphatic rings. The molecular formula is C26H40KN5O8S. The van der Waals surface area contributed by atoms with Crippen LogP contribution in [0.5, 0.6) is 5.75 Å². The maximum Gasteiger partial charge on any atom is 1.00 e. The third-order valence-electron chi connectivity index (χ3n) is 6.71. The Morgan fingerprint density at radius 3 is 2.66 bits per heavy atom. The minimum Gasteiger partial charge on any atom is -0.677 e. The van der Waals surface area contributed by atoms with Gasteiger partial charge in [-0.3, -0.25) is 14.8 Å². The van der Waals surface area contributed by atoms with E-state index in [4.69, 9.17) is 32.6 Å². The Balaban J connectivity index is 0.00000588. The molecule has 6 unspecified atom stereocenters. The largest absolute Gasteiger partial charge is 1.00 e. The van der Waals surface area contributed by atoms with Gasteiger partial charge in [-0.25, -0.2) is 0 Å². The Morgan fingerprint density at radius 2 is 2.02 bits per heavy atom. The molecule has 4 N–H and O–H groups in total. The van der Waals surface area contributed by atoms with Crippen LogP contribution in [0.15, 0.2) is 24.4 Å². The van der Waals surface area contributed by atoms with Crippen LogP contribution in [0.2, 0.25) is 0 Å². The Bertz CT molecular complexity index is 1140. The maximum atomic E-state index is 11.8. The summed E-state index contributed by atoms with van der Waals surface area (Å²) in [5, 5.41) is 49.5. The molecule has 0 spiro atoms. The van der Waals surface area contributed by atoms with Gasteiger partial charge in [0.05, 0.1) is 47.8 Å². The first kappa shape index (κ1) is 36.5. The van der Waals surface area contributed by atoms with Crippen LogP contribution < -0.4 is 56.1 Å². The molecule has 0 aliphatic carbocycles. The van der Waals surface area contributed by atoms with Crippen LogP contribution >= 0.6 is 12.6 Å². The molecule has 1 aromatic heterocycles.